The van der Waals surface area contributed by atoms with Crippen LogP contribution in [0.2, 0.25) is 0 Å². The average Bonchev–Trinajstić information content (AvgIpc) is 2.37. The van der Waals surface area contributed by atoms with Crippen molar-refractivity contribution in [3.8, 4) is 0 Å². The topological polar surface area (TPSA) is 12.0 Å². The third-order valence-corrected chi connectivity index (χ3v) is 3.33. The summed E-state index contributed by atoms with van der Waals surface area (Å²) in [5.74, 6) is -1.48. The van der Waals surface area contributed by atoms with Crippen molar-refractivity contribution in [3.05, 3.63) is 35.4 Å². The number of rotatable bonds is 7. The van der Waals surface area contributed by atoms with Gasteiger partial charge in [-0.05, 0) is 36.9 Å². The molecule has 2 unspecified atom stereocenters. The maximum Gasteiger partial charge on any atom is 0.162 e. The van der Waals surface area contributed by atoms with E-state index >= 15 is 0 Å². The highest BCUT2D eigenvalue weighted by molar-refractivity contribution is 5.24. The van der Waals surface area contributed by atoms with Crippen LogP contribution in [0.4, 0.5) is 8.78 Å². The minimum Gasteiger partial charge on any atom is -0.313 e. The van der Waals surface area contributed by atoms with Gasteiger partial charge >= 0.3 is 0 Å². The van der Waals surface area contributed by atoms with Crippen molar-refractivity contribution in [2.75, 3.05) is 6.54 Å². The first-order chi connectivity index (χ1) is 8.61. The van der Waals surface area contributed by atoms with Crippen LogP contribution in [0.3, 0.4) is 0 Å². The summed E-state index contributed by atoms with van der Waals surface area (Å²) in [6, 6.07) is 4.62. The Balaban J connectivity index is 2.86. The lowest BCUT2D eigenvalue weighted by molar-refractivity contribution is 0.403. The van der Waals surface area contributed by atoms with Gasteiger partial charge in [-0.15, -0.1) is 0 Å². The average molecular weight is 255 g/mol. The van der Waals surface area contributed by atoms with Crippen molar-refractivity contribution in [2.24, 2.45) is 0 Å². The molecule has 1 aromatic rings. The Morgan fingerprint density at radius 1 is 1.17 bits per heavy atom. The van der Waals surface area contributed by atoms with Gasteiger partial charge in [0, 0.05) is 6.04 Å². The van der Waals surface area contributed by atoms with Gasteiger partial charge in [0.1, 0.15) is 0 Å². The number of hydrogen-bond acceptors (Lipinski definition) is 1. The molecule has 0 fully saturated rings. The SMILES string of the molecule is CCCNC(CCC)C(C)c1cccc(F)c1F. The highest BCUT2D eigenvalue weighted by Gasteiger charge is 2.21. The van der Waals surface area contributed by atoms with Crippen molar-refractivity contribution in [3.63, 3.8) is 0 Å². The molecule has 0 saturated heterocycles. The summed E-state index contributed by atoms with van der Waals surface area (Å²) in [7, 11) is 0. The summed E-state index contributed by atoms with van der Waals surface area (Å²) >= 11 is 0. The van der Waals surface area contributed by atoms with Crippen molar-refractivity contribution in [2.45, 2.75) is 52.0 Å². The first-order valence-corrected chi connectivity index (χ1v) is 6.79. The molecule has 0 aromatic heterocycles. The Morgan fingerprint density at radius 3 is 2.50 bits per heavy atom. The third kappa shape index (κ3) is 3.77. The second kappa shape index (κ2) is 7.47. The molecule has 0 saturated carbocycles. The molecular weight excluding hydrogens is 232 g/mol. The van der Waals surface area contributed by atoms with Crippen molar-refractivity contribution in [1.82, 2.24) is 5.32 Å². The highest BCUT2D eigenvalue weighted by Crippen LogP contribution is 2.25. The van der Waals surface area contributed by atoms with Crippen LogP contribution in [0.1, 0.15) is 51.5 Å². The quantitative estimate of drug-likeness (QED) is 0.768. The summed E-state index contributed by atoms with van der Waals surface area (Å²) in [5.41, 5.74) is 0.469. The third-order valence-electron chi connectivity index (χ3n) is 3.33. The lowest BCUT2D eigenvalue weighted by atomic mass is 9.90. The van der Waals surface area contributed by atoms with Crippen LogP contribution in [0.15, 0.2) is 18.2 Å². The first kappa shape index (κ1) is 15.1. The van der Waals surface area contributed by atoms with Gasteiger partial charge in [-0.3, -0.25) is 0 Å². The van der Waals surface area contributed by atoms with Crippen molar-refractivity contribution >= 4 is 0 Å². The molecular formula is C15H23F2N. The smallest absolute Gasteiger partial charge is 0.162 e. The molecule has 1 aromatic carbocycles. The van der Waals surface area contributed by atoms with Crippen LogP contribution < -0.4 is 5.32 Å². The van der Waals surface area contributed by atoms with Crippen molar-refractivity contribution < 1.29 is 8.78 Å². The van der Waals surface area contributed by atoms with E-state index in [0.29, 0.717) is 5.56 Å². The molecule has 18 heavy (non-hydrogen) atoms. The van der Waals surface area contributed by atoms with Gasteiger partial charge in [0.2, 0.25) is 0 Å². The first-order valence-electron chi connectivity index (χ1n) is 6.79. The number of halogens is 2. The molecule has 1 rings (SSSR count). The van der Waals surface area contributed by atoms with E-state index in [2.05, 4.69) is 19.2 Å². The Morgan fingerprint density at radius 2 is 1.89 bits per heavy atom. The van der Waals surface area contributed by atoms with Crippen LogP contribution in [-0.4, -0.2) is 12.6 Å². The molecule has 0 aliphatic heterocycles. The summed E-state index contributed by atoms with van der Waals surface area (Å²) in [4.78, 5) is 0. The standard InChI is InChI=1S/C15H23F2N/c1-4-7-14(18-10-5-2)11(3)12-8-6-9-13(16)15(12)17/h6,8-9,11,14,18H,4-5,7,10H2,1-3H3. The van der Waals surface area contributed by atoms with Gasteiger partial charge < -0.3 is 5.32 Å². The van der Waals surface area contributed by atoms with Gasteiger partial charge in [-0.1, -0.05) is 39.3 Å². The van der Waals surface area contributed by atoms with E-state index in [1.165, 1.54) is 6.07 Å². The normalized spacial score (nSPS) is 14.5. The zero-order valence-corrected chi connectivity index (χ0v) is 11.5. The Bertz CT molecular complexity index is 366. The minimum absolute atomic E-state index is 0.0211. The van der Waals surface area contributed by atoms with Crippen LogP contribution in [0, 0.1) is 11.6 Å². The number of hydrogen-bond donors (Lipinski definition) is 1. The number of nitrogens with one attached hydrogen (secondary N) is 1. The van der Waals surface area contributed by atoms with E-state index in [0.717, 1.165) is 25.8 Å². The lowest BCUT2D eigenvalue weighted by Gasteiger charge is -2.25. The van der Waals surface area contributed by atoms with Gasteiger partial charge in [0.25, 0.3) is 0 Å². The zero-order chi connectivity index (χ0) is 13.5. The molecule has 1 N–H and O–H groups in total. The fourth-order valence-corrected chi connectivity index (χ4v) is 2.26. The van der Waals surface area contributed by atoms with E-state index in [4.69, 9.17) is 0 Å². The van der Waals surface area contributed by atoms with Crippen LogP contribution in [0.25, 0.3) is 0 Å². The minimum atomic E-state index is -0.759. The Kier molecular flexibility index (Phi) is 6.27. The molecule has 2 atom stereocenters. The second-order valence-electron chi connectivity index (χ2n) is 4.78. The molecule has 0 aliphatic rings. The van der Waals surface area contributed by atoms with Crippen LogP contribution in [-0.2, 0) is 0 Å². The summed E-state index contributed by atoms with van der Waals surface area (Å²) in [5, 5.41) is 3.43. The van der Waals surface area contributed by atoms with Crippen LogP contribution >= 0.6 is 0 Å². The second-order valence-corrected chi connectivity index (χ2v) is 4.78. The van der Waals surface area contributed by atoms with E-state index in [1.807, 2.05) is 6.92 Å². The molecule has 1 nitrogen and oxygen atoms in total. The summed E-state index contributed by atoms with van der Waals surface area (Å²) < 4.78 is 27.0. The molecule has 0 aliphatic carbocycles. The predicted octanol–water partition coefficient (Wildman–Crippen LogP) is 4.24. The van der Waals surface area contributed by atoms with E-state index in [-0.39, 0.29) is 12.0 Å². The molecule has 3 heteroatoms. The monoisotopic (exact) mass is 255 g/mol. The number of benzene rings is 1. The van der Waals surface area contributed by atoms with Crippen molar-refractivity contribution in [1.29, 1.82) is 0 Å². The molecule has 0 bridgehead atoms. The largest absolute Gasteiger partial charge is 0.313 e. The van der Waals surface area contributed by atoms with Gasteiger partial charge in [-0.25, -0.2) is 8.78 Å². The zero-order valence-electron chi connectivity index (χ0n) is 11.5. The van der Waals surface area contributed by atoms with E-state index in [9.17, 15) is 8.78 Å². The van der Waals surface area contributed by atoms with Gasteiger partial charge in [-0.2, -0.15) is 0 Å². The Hall–Kier alpha value is -0.960. The fraction of sp³-hybridized carbons (Fsp3) is 0.600. The predicted molar refractivity (Wildman–Crippen MR) is 71.8 cm³/mol. The molecule has 0 amide bonds. The lowest BCUT2D eigenvalue weighted by Crippen LogP contribution is -2.34. The van der Waals surface area contributed by atoms with Crippen LogP contribution in [0.5, 0.6) is 0 Å². The maximum atomic E-state index is 13.8. The van der Waals surface area contributed by atoms with Gasteiger partial charge in [0.15, 0.2) is 11.6 Å². The summed E-state index contributed by atoms with van der Waals surface area (Å²) in [6.45, 7) is 7.07. The van der Waals surface area contributed by atoms with E-state index in [1.54, 1.807) is 12.1 Å². The molecule has 0 radical (unpaired) electrons. The summed E-state index contributed by atoms with van der Waals surface area (Å²) in [6.07, 6.45) is 3.04. The molecule has 0 spiro atoms. The van der Waals surface area contributed by atoms with Gasteiger partial charge in [0.05, 0.1) is 0 Å². The maximum absolute atomic E-state index is 13.8. The highest BCUT2D eigenvalue weighted by atomic mass is 19.2. The Labute approximate surface area is 109 Å². The van der Waals surface area contributed by atoms with E-state index < -0.39 is 11.6 Å². The molecule has 0 heterocycles. The molecule has 102 valence electrons. The fourth-order valence-electron chi connectivity index (χ4n) is 2.26.